The lowest BCUT2D eigenvalue weighted by atomic mass is 9.47. The van der Waals surface area contributed by atoms with Crippen LogP contribution in [-0.4, -0.2) is 45.9 Å². The predicted octanol–water partition coefficient (Wildman–Crippen LogP) is 5.46. The molecular weight excluding hydrogens is 468 g/mol. The van der Waals surface area contributed by atoms with Crippen LogP contribution >= 0.6 is 0 Å². The van der Waals surface area contributed by atoms with Crippen molar-refractivity contribution in [1.82, 2.24) is 9.55 Å². The third-order valence-corrected chi connectivity index (χ3v) is 10.1. The van der Waals surface area contributed by atoms with Gasteiger partial charge in [0, 0.05) is 17.5 Å². The zero-order valence-corrected chi connectivity index (χ0v) is 21.7. The Morgan fingerprint density at radius 1 is 1.05 bits per heavy atom. The van der Waals surface area contributed by atoms with Crippen LogP contribution in [0.1, 0.15) is 58.8 Å². The van der Waals surface area contributed by atoms with E-state index in [-0.39, 0.29) is 23.5 Å². The van der Waals surface area contributed by atoms with Crippen LogP contribution < -0.4 is 0 Å². The first kappa shape index (κ1) is 24.4. The van der Waals surface area contributed by atoms with E-state index in [1.54, 1.807) is 0 Å². The summed E-state index contributed by atoms with van der Waals surface area (Å²) in [6.07, 6.45) is 14.0. The van der Waals surface area contributed by atoms with Crippen molar-refractivity contribution in [3.05, 3.63) is 48.3 Å². The molecule has 1 N–H and O–H groups in total. The maximum Gasteiger partial charge on any atom is 0.332 e. The fraction of sp³-hybridized carbons (Fsp3) is 0.567. The Morgan fingerprint density at radius 2 is 1.86 bits per heavy atom. The number of carbonyl (C=O) groups is 2. The van der Waals surface area contributed by atoms with E-state index in [0.29, 0.717) is 17.8 Å². The van der Waals surface area contributed by atoms with Crippen molar-refractivity contribution in [2.45, 2.75) is 64.9 Å². The summed E-state index contributed by atoms with van der Waals surface area (Å²) in [6.45, 7) is 4.12. The molecule has 0 spiro atoms. The highest BCUT2D eigenvalue weighted by molar-refractivity contribution is 5.80. The second kappa shape index (κ2) is 9.12. The van der Waals surface area contributed by atoms with Crippen LogP contribution in [0.5, 0.6) is 0 Å². The van der Waals surface area contributed by atoms with Gasteiger partial charge in [-0.1, -0.05) is 43.7 Å². The highest BCUT2D eigenvalue weighted by Gasteiger charge is 2.57. The second-order valence-corrected chi connectivity index (χ2v) is 11.9. The highest BCUT2D eigenvalue weighted by Crippen LogP contribution is 2.65. The third-order valence-electron chi connectivity index (χ3n) is 10.1. The molecule has 1 aromatic carbocycles. The molecule has 0 unspecified atom stereocenters. The van der Waals surface area contributed by atoms with Crippen LogP contribution in [0.4, 0.5) is 0 Å². The molecule has 196 valence electrons. The zero-order valence-electron chi connectivity index (χ0n) is 21.7. The maximum absolute atomic E-state index is 12.2. The molecule has 0 saturated heterocycles. The largest absolute Gasteiger partial charge is 0.480 e. The lowest BCUT2D eigenvalue weighted by molar-refractivity contribution is -0.158. The molecule has 2 aromatic rings. The van der Waals surface area contributed by atoms with Gasteiger partial charge >= 0.3 is 11.9 Å². The van der Waals surface area contributed by atoms with Crippen LogP contribution in [0.2, 0.25) is 0 Å². The fourth-order valence-corrected chi connectivity index (χ4v) is 8.24. The molecule has 1 aromatic heterocycles. The molecule has 4 aliphatic rings. The normalized spacial score (nSPS) is 34.6. The Balaban J connectivity index is 1.17. The molecule has 37 heavy (non-hydrogen) atoms. The minimum absolute atomic E-state index is 0.148. The number of aliphatic carboxylic acids is 1. The van der Waals surface area contributed by atoms with E-state index < -0.39 is 18.5 Å². The molecule has 2 saturated carbocycles. The van der Waals surface area contributed by atoms with Crippen LogP contribution in [0, 0.1) is 28.6 Å². The number of carboxylic acid groups (broad SMARTS) is 1. The Kier molecular flexibility index (Phi) is 6.02. The number of aromatic nitrogens is 2. The smallest absolute Gasteiger partial charge is 0.332 e. The summed E-state index contributed by atoms with van der Waals surface area (Å²) < 4.78 is 12.9. The number of hydrogen-bond donors (Lipinski definition) is 1. The zero-order chi connectivity index (χ0) is 25.8. The first-order valence-electron chi connectivity index (χ1n) is 13.6. The number of allylic oxidation sites excluding steroid dienone is 3. The van der Waals surface area contributed by atoms with Gasteiger partial charge in [0.15, 0.2) is 0 Å². The number of imidazole rings is 1. The molecule has 0 bridgehead atoms. The number of carbonyl (C=O) groups excluding carboxylic acids is 1. The minimum Gasteiger partial charge on any atom is -0.480 e. The Bertz CT molecular complexity index is 1290. The molecule has 0 radical (unpaired) electrons. The molecule has 6 rings (SSSR count). The van der Waals surface area contributed by atoms with Crippen molar-refractivity contribution < 1.29 is 24.2 Å². The average molecular weight is 505 g/mol. The number of esters is 1. The Hall–Kier alpha value is -2.93. The number of hydrogen-bond acceptors (Lipinski definition) is 5. The van der Waals surface area contributed by atoms with E-state index in [1.807, 2.05) is 12.4 Å². The molecular formula is C30H36N2O5. The second-order valence-electron chi connectivity index (χ2n) is 11.9. The monoisotopic (exact) mass is 504 g/mol. The van der Waals surface area contributed by atoms with E-state index in [1.165, 1.54) is 29.6 Å². The van der Waals surface area contributed by atoms with Crippen LogP contribution in [0.25, 0.3) is 16.7 Å². The summed E-state index contributed by atoms with van der Waals surface area (Å²) in [5.41, 5.74) is 5.40. The van der Waals surface area contributed by atoms with Crippen molar-refractivity contribution in [3.8, 4) is 0 Å². The lowest BCUT2D eigenvalue weighted by Gasteiger charge is -2.57. The number of carboxylic acids is 1. The summed E-state index contributed by atoms with van der Waals surface area (Å²) in [4.78, 5) is 27.4. The van der Waals surface area contributed by atoms with E-state index >= 15 is 0 Å². The number of benzene rings is 1. The van der Waals surface area contributed by atoms with Gasteiger partial charge in [0.25, 0.3) is 0 Å². The summed E-state index contributed by atoms with van der Waals surface area (Å²) in [5, 5.41) is 8.69. The van der Waals surface area contributed by atoms with E-state index in [2.05, 4.69) is 53.7 Å². The Labute approximate surface area is 217 Å². The molecule has 1 heterocycles. The molecule has 6 atom stereocenters. The van der Waals surface area contributed by atoms with Crippen LogP contribution in [-0.2, 0) is 19.1 Å². The van der Waals surface area contributed by atoms with Gasteiger partial charge in [-0.15, -0.1) is 0 Å². The van der Waals surface area contributed by atoms with Crippen molar-refractivity contribution >= 4 is 28.7 Å². The van der Waals surface area contributed by atoms with E-state index in [9.17, 15) is 9.59 Å². The van der Waals surface area contributed by atoms with Gasteiger partial charge in [-0.2, -0.15) is 0 Å². The SMILES string of the molecule is C[C@]12CC[C@H](OC(=O)COCC(=O)O)CC1=CC[C@@H]1[C@@H]2CC[C@]2(C)C(n3cnc4ccccc43)=CC[C@@H]12. The molecule has 0 amide bonds. The summed E-state index contributed by atoms with van der Waals surface area (Å²) in [5.74, 6) is 0.357. The first-order chi connectivity index (χ1) is 17.8. The molecule has 7 nitrogen and oxygen atoms in total. The summed E-state index contributed by atoms with van der Waals surface area (Å²) in [6, 6.07) is 8.40. The first-order valence-corrected chi connectivity index (χ1v) is 13.6. The number of ether oxygens (including phenoxy) is 2. The fourth-order valence-electron chi connectivity index (χ4n) is 8.24. The van der Waals surface area contributed by atoms with Crippen molar-refractivity contribution in [3.63, 3.8) is 0 Å². The van der Waals surface area contributed by atoms with Crippen molar-refractivity contribution in [1.29, 1.82) is 0 Å². The topological polar surface area (TPSA) is 90.6 Å². The molecule has 0 aliphatic heterocycles. The van der Waals surface area contributed by atoms with Gasteiger partial charge in [-0.25, -0.2) is 14.6 Å². The third kappa shape index (κ3) is 4.02. The van der Waals surface area contributed by atoms with Gasteiger partial charge in [0.05, 0.1) is 11.0 Å². The number of para-hydroxylation sites is 2. The summed E-state index contributed by atoms with van der Waals surface area (Å²) in [7, 11) is 0. The predicted molar refractivity (Wildman–Crippen MR) is 139 cm³/mol. The van der Waals surface area contributed by atoms with Crippen LogP contribution in [0.15, 0.2) is 48.3 Å². The number of fused-ring (bicyclic) bond motifs is 6. The van der Waals surface area contributed by atoms with Gasteiger partial charge in [-0.3, -0.25) is 0 Å². The van der Waals surface area contributed by atoms with Crippen molar-refractivity contribution in [2.24, 2.45) is 28.6 Å². The highest BCUT2D eigenvalue weighted by atomic mass is 16.6. The van der Waals surface area contributed by atoms with Crippen LogP contribution in [0.3, 0.4) is 0 Å². The van der Waals surface area contributed by atoms with Gasteiger partial charge < -0.3 is 19.1 Å². The van der Waals surface area contributed by atoms with Gasteiger partial charge in [-0.05, 0) is 73.8 Å². The summed E-state index contributed by atoms with van der Waals surface area (Å²) >= 11 is 0. The van der Waals surface area contributed by atoms with E-state index in [0.717, 1.165) is 37.6 Å². The average Bonchev–Trinajstić information content (AvgIpc) is 3.44. The molecule has 2 fully saturated rings. The molecule has 4 aliphatic carbocycles. The molecule has 7 heteroatoms. The quantitative estimate of drug-likeness (QED) is 0.415. The van der Waals surface area contributed by atoms with Crippen molar-refractivity contribution in [2.75, 3.05) is 13.2 Å². The lowest BCUT2D eigenvalue weighted by Crippen LogP contribution is -2.50. The number of rotatable bonds is 6. The Morgan fingerprint density at radius 3 is 2.70 bits per heavy atom. The van der Waals surface area contributed by atoms with Gasteiger partial charge in [0.2, 0.25) is 0 Å². The standard InChI is InChI=1S/C30H36N2O5/c1-29-13-11-20(37-28(35)17-36-16-27(33)34)15-19(29)7-8-21-22-9-10-26(30(22,2)14-12-23(21)29)32-18-31-24-5-3-4-6-25(24)32/h3-7,10,18,20-23H,8-9,11-17H2,1-2H3,(H,33,34)/t20-,21-,22-,23-,29-,30-/m0/s1. The number of nitrogens with zero attached hydrogens (tertiary/aromatic N) is 2. The maximum atomic E-state index is 12.2. The minimum atomic E-state index is -1.09. The van der Waals surface area contributed by atoms with E-state index in [4.69, 9.17) is 14.6 Å². The van der Waals surface area contributed by atoms with Gasteiger partial charge in [0.1, 0.15) is 25.6 Å².